The zero-order valence-corrected chi connectivity index (χ0v) is 17.2. The molecule has 0 aliphatic carbocycles. The Morgan fingerprint density at radius 1 is 1.29 bits per heavy atom. The summed E-state index contributed by atoms with van der Waals surface area (Å²) in [6.07, 6.45) is 0. The topological polar surface area (TPSA) is 95.1 Å². The highest BCUT2D eigenvalue weighted by atomic mass is 35.5. The number of methoxy groups -OCH3 is 1. The number of carbonyl (C=O) groups excluding carboxylic acids is 1. The highest BCUT2D eigenvalue weighted by Crippen LogP contribution is 2.30. The van der Waals surface area contributed by atoms with Gasteiger partial charge in [0.2, 0.25) is 11.1 Å². The van der Waals surface area contributed by atoms with Crippen molar-refractivity contribution in [3.05, 3.63) is 53.1 Å². The van der Waals surface area contributed by atoms with Gasteiger partial charge in [0.15, 0.2) is 5.82 Å². The molecule has 3 N–H and O–H groups in total. The van der Waals surface area contributed by atoms with Crippen molar-refractivity contribution < 1.29 is 9.53 Å². The van der Waals surface area contributed by atoms with Crippen LogP contribution in [0.25, 0.3) is 11.4 Å². The fraction of sp³-hybridized carbons (Fsp3) is 0.211. The molecule has 3 aromatic rings. The van der Waals surface area contributed by atoms with Crippen LogP contribution in [0.5, 0.6) is 5.75 Å². The van der Waals surface area contributed by atoms with Gasteiger partial charge in [0, 0.05) is 10.6 Å². The van der Waals surface area contributed by atoms with E-state index in [0.29, 0.717) is 27.4 Å². The van der Waals surface area contributed by atoms with Crippen LogP contribution >= 0.6 is 23.4 Å². The zero-order chi connectivity index (χ0) is 20.3. The molecule has 9 heteroatoms. The number of hydrogen-bond donors (Lipinski definition) is 2. The maximum Gasteiger partial charge on any atom is 0.237 e. The van der Waals surface area contributed by atoms with Crippen molar-refractivity contribution in [2.24, 2.45) is 0 Å². The van der Waals surface area contributed by atoms with Crippen LogP contribution < -0.4 is 15.9 Å². The average Bonchev–Trinajstić information content (AvgIpc) is 3.02. The molecule has 1 atom stereocenters. The van der Waals surface area contributed by atoms with Crippen LogP contribution in [0.15, 0.2) is 47.6 Å². The quantitative estimate of drug-likeness (QED) is 0.468. The third kappa shape index (κ3) is 4.23. The van der Waals surface area contributed by atoms with Gasteiger partial charge in [-0.15, -0.1) is 10.2 Å². The highest BCUT2D eigenvalue weighted by molar-refractivity contribution is 8.00. The Labute approximate surface area is 172 Å². The van der Waals surface area contributed by atoms with E-state index in [9.17, 15) is 4.79 Å². The molecule has 0 bridgehead atoms. The smallest absolute Gasteiger partial charge is 0.237 e. The molecule has 2 aromatic carbocycles. The number of rotatable bonds is 6. The lowest BCUT2D eigenvalue weighted by atomic mass is 10.1. The maximum absolute atomic E-state index is 12.6. The lowest BCUT2D eigenvalue weighted by Gasteiger charge is -2.14. The number of benzene rings is 2. The minimum atomic E-state index is -0.472. The van der Waals surface area contributed by atoms with Crippen molar-refractivity contribution >= 4 is 35.0 Å². The molecular formula is C19H20ClN5O2S. The fourth-order valence-corrected chi connectivity index (χ4v) is 3.53. The van der Waals surface area contributed by atoms with Crippen LogP contribution in [0.3, 0.4) is 0 Å². The normalized spacial score (nSPS) is 11.9. The second kappa shape index (κ2) is 8.53. The summed E-state index contributed by atoms with van der Waals surface area (Å²) in [5.74, 6) is 7.01. The summed E-state index contributed by atoms with van der Waals surface area (Å²) in [5.41, 5.74) is 2.43. The van der Waals surface area contributed by atoms with Gasteiger partial charge in [-0.25, -0.2) is 4.68 Å². The van der Waals surface area contributed by atoms with E-state index >= 15 is 0 Å². The predicted octanol–water partition coefficient (Wildman–Crippen LogP) is 3.75. The van der Waals surface area contributed by atoms with E-state index in [2.05, 4.69) is 15.5 Å². The van der Waals surface area contributed by atoms with Crippen LogP contribution in [0.1, 0.15) is 12.5 Å². The van der Waals surface area contributed by atoms with Crippen LogP contribution in [0.4, 0.5) is 5.69 Å². The zero-order valence-electron chi connectivity index (χ0n) is 15.6. The van der Waals surface area contributed by atoms with Crippen molar-refractivity contribution in [2.75, 3.05) is 18.3 Å². The molecule has 1 heterocycles. The van der Waals surface area contributed by atoms with E-state index in [4.69, 9.17) is 22.2 Å². The molecule has 0 aliphatic heterocycles. The van der Waals surface area contributed by atoms with E-state index in [0.717, 1.165) is 11.1 Å². The Kier molecular flexibility index (Phi) is 6.11. The van der Waals surface area contributed by atoms with Crippen molar-refractivity contribution in [3.8, 4) is 17.1 Å². The Balaban J connectivity index is 1.75. The molecule has 0 spiro atoms. The van der Waals surface area contributed by atoms with Crippen LogP contribution in [0.2, 0.25) is 5.02 Å². The van der Waals surface area contributed by atoms with Gasteiger partial charge in [0.1, 0.15) is 5.75 Å². The van der Waals surface area contributed by atoms with Crippen LogP contribution in [-0.2, 0) is 4.79 Å². The molecule has 0 saturated heterocycles. The van der Waals surface area contributed by atoms with Crippen molar-refractivity contribution in [1.82, 2.24) is 14.9 Å². The summed E-state index contributed by atoms with van der Waals surface area (Å²) < 4.78 is 6.65. The SMILES string of the molecule is COc1ccc(Cl)cc1NC(=O)[C@H](C)Sc1nnc(-c2ccccc2C)n1N. The van der Waals surface area contributed by atoms with E-state index < -0.39 is 5.25 Å². The van der Waals surface area contributed by atoms with Crippen molar-refractivity contribution in [3.63, 3.8) is 0 Å². The number of nitrogens with one attached hydrogen (secondary N) is 1. The van der Waals surface area contributed by atoms with Crippen molar-refractivity contribution in [2.45, 2.75) is 24.3 Å². The number of amides is 1. The maximum atomic E-state index is 12.6. The van der Waals surface area contributed by atoms with Gasteiger partial charge >= 0.3 is 0 Å². The number of nitrogens with two attached hydrogens (primary N) is 1. The Morgan fingerprint density at radius 3 is 2.75 bits per heavy atom. The first-order valence-electron chi connectivity index (χ1n) is 8.48. The first-order valence-corrected chi connectivity index (χ1v) is 9.74. The van der Waals surface area contributed by atoms with Gasteiger partial charge in [0.05, 0.1) is 18.0 Å². The van der Waals surface area contributed by atoms with Gasteiger partial charge in [-0.3, -0.25) is 4.79 Å². The summed E-state index contributed by atoms with van der Waals surface area (Å²) in [6.45, 7) is 3.74. The third-order valence-corrected chi connectivity index (χ3v) is 5.41. The minimum absolute atomic E-state index is 0.231. The first kappa shape index (κ1) is 20.0. The second-order valence-corrected chi connectivity index (χ2v) is 7.83. The average molecular weight is 418 g/mol. The summed E-state index contributed by atoms with van der Waals surface area (Å²) in [4.78, 5) is 12.6. The molecule has 1 amide bonds. The van der Waals surface area contributed by atoms with Gasteiger partial charge < -0.3 is 15.9 Å². The molecule has 0 fully saturated rings. The number of carbonyl (C=O) groups is 1. The molecule has 7 nitrogen and oxygen atoms in total. The molecule has 3 rings (SSSR count). The number of hydrogen-bond acceptors (Lipinski definition) is 6. The van der Waals surface area contributed by atoms with Crippen molar-refractivity contribution in [1.29, 1.82) is 0 Å². The summed E-state index contributed by atoms with van der Waals surface area (Å²) in [7, 11) is 1.53. The number of aromatic nitrogens is 3. The molecule has 0 radical (unpaired) electrons. The number of nitrogens with zero attached hydrogens (tertiary/aromatic N) is 3. The van der Waals surface area contributed by atoms with E-state index in [1.807, 2.05) is 31.2 Å². The Hall–Kier alpha value is -2.71. The number of aryl methyl sites for hydroxylation is 1. The second-order valence-electron chi connectivity index (χ2n) is 6.09. The summed E-state index contributed by atoms with van der Waals surface area (Å²) >= 11 is 7.23. The number of ether oxygens (including phenoxy) is 1. The lowest BCUT2D eigenvalue weighted by Crippen LogP contribution is -2.24. The third-order valence-electron chi connectivity index (χ3n) is 4.12. The largest absolute Gasteiger partial charge is 0.495 e. The lowest BCUT2D eigenvalue weighted by molar-refractivity contribution is -0.115. The fourth-order valence-electron chi connectivity index (χ4n) is 2.59. The van der Waals surface area contributed by atoms with Gasteiger partial charge in [0.25, 0.3) is 0 Å². The van der Waals surface area contributed by atoms with Crippen LogP contribution in [0, 0.1) is 6.92 Å². The molecule has 146 valence electrons. The Bertz CT molecular complexity index is 1010. The van der Waals surface area contributed by atoms with Gasteiger partial charge in [-0.05, 0) is 37.6 Å². The first-order chi connectivity index (χ1) is 13.4. The predicted molar refractivity (Wildman–Crippen MR) is 112 cm³/mol. The molecule has 28 heavy (non-hydrogen) atoms. The number of halogens is 1. The monoisotopic (exact) mass is 417 g/mol. The molecule has 1 aromatic heterocycles. The molecule has 0 saturated carbocycles. The molecule has 0 unspecified atom stereocenters. The van der Waals surface area contributed by atoms with E-state index in [1.165, 1.54) is 23.5 Å². The summed E-state index contributed by atoms with van der Waals surface area (Å²) in [5, 5.41) is 11.6. The number of nitrogen functional groups attached to an aromatic ring is 1. The van der Waals surface area contributed by atoms with Crippen LogP contribution in [-0.4, -0.2) is 33.1 Å². The Morgan fingerprint density at radius 2 is 2.04 bits per heavy atom. The highest BCUT2D eigenvalue weighted by Gasteiger charge is 2.21. The van der Waals surface area contributed by atoms with E-state index in [-0.39, 0.29) is 5.91 Å². The molecular weight excluding hydrogens is 398 g/mol. The number of thioether (sulfide) groups is 1. The van der Waals surface area contributed by atoms with Gasteiger partial charge in [-0.2, -0.15) is 0 Å². The standard InChI is InChI=1S/C19H20ClN5O2S/c1-11-6-4-5-7-14(11)17-23-24-19(25(17)21)28-12(2)18(26)22-15-10-13(20)8-9-16(15)27-3/h4-10,12H,21H2,1-3H3,(H,22,26)/t12-/m0/s1. The van der Waals surface area contributed by atoms with Gasteiger partial charge in [-0.1, -0.05) is 47.6 Å². The molecule has 0 aliphatic rings. The number of anilines is 1. The summed E-state index contributed by atoms with van der Waals surface area (Å²) in [6, 6.07) is 12.8. The van der Waals surface area contributed by atoms with E-state index in [1.54, 1.807) is 25.1 Å². The minimum Gasteiger partial charge on any atom is -0.495 e.